The van der Waals surface area contributed by atoms with E-state index in [0.717, 1.165) is 10.4 Å². The zero-order chi connectivity index (χ0) is 18.9. The minimum absolute atomic E-state index is 0.106. The summed E-state index contributed by atoms with van der Waals surface area (Å²) in [5.74, 6) is -0.891. The molecule has 0 aliphatic rings. The second-order valence-corrected chi connectivity index (χ2v) is 6.36. The molecule has 1 aromatic carbocycles. The molecule has 0 unspecified atom stereocenters. The monoisotopic (exact) mass is 376 g/mol. The Kier molecular flexibility index (Phi) is 6.21. The number of rotatable bonds is 6. The van der Waals surface area contributed by atoms with Gasteiger partial charge in [0.05, 0.1) is 6.21 Å². The summed E-state index contributed by atoms with van der Waals surface area (Å²) in [6, 6.07) is 16.0. The molecule has 0 bridgehead atoms. The van der Waals surface area contributed by atoms with Crippen molar-refractivity contribution in [2.24, 2.45) is 5.10 Å². The number of benzene rings is 1. The van der Waals surface area contributed by atoms with Crippen LogP contribution < -0.4 is 10.7 Å². The van der Waals surface area contributed by atoms with Gasteiger partial charge >= 0.3 is 0 Å². The summed E-state index contributed by atoms with van der Waals surface area (Å²) in [6.45, 7) is 0. The second-order valence-electron chi connectivity index (χ2n) is 5.38. The molecule has 134 valence electrons. The van der Waals surface area contributed by atoms with Crippen LogP contribution in [0, 0.1) is 0 Å². The molecule has 27 heavy (non-hydrogen) atoms. The highest BCUT2D eigenvalue weighted by Gasteiger charge is 2.14. The number of carbonyl (C=O) groups excluding carboxylic acids is 2. The molecule has 0 atom stereocenters. The fraction of sp³-hybridized carbons (Fsp3) is 0. The molecule has 7 heteroatoms. The Balaban J connectivity index is 1.74. The van der Waals surface area contributed by atoms with Gasteiger partial charge in [-0.2, -0.15) is 5.10 Å². The van der Waals surface area contributed by atoms with Gasteiger partial charge in [0.15, 0.2) is 0 Å². The van der Waals surface area contributed by atoms with Gasteiger partial charge in [0.25, 0.3) is 11.8 Å². The first kappa shape index (κ1) is 18.2. The Hall–Kier alpha value is -3.58. The molecule has 0 saturated heterocycles. The lowest BCUT2D eigenvalue weighted by Crippen LogP contribution is -2.32. The molecule has 0 saturated carbocycles. The summed E-state index contributed by atoms with van der Waals surface area (Å²) in [4.78, 5) is 29.7. The number of hydrazone groups is 1. The highest BCUT2D eigenvalue weighted by atomic mass is 32.1. The molecule has 0 radical (unpaired) electrons. The van der Waals surface area contributed by atoms with E-state index >= 15 is 0 Å². The van der Waals surface area contributed by atoms with Crippen LogP contribution in [0.4, 0.5) is 0 Å². The Morgan fingerprint density at radius 3 is 2.59 bits per heavy atom. The van der Waals surface area contributed by atoms with Crippen LogP contribution in [-0.2, 0) is 4.79 Å². The van der Waals surface area contributed by atoms with E-state index in [1.807, 2.05) is 29.6 Å². The van der Waals surface area contributed by atoms with Crippen molar-refractivity contribution < 1.29 is 9.59 Å². The normalized spacial score (nSPS) is 11.3. The van der Waals surface area contributed by atoms with Crippen LogP contribution in [0.2, 0.25) is 0 Å². The fourth-order valence-electron chi connectivity index (χ4n) is 2.14. The van der Waals surface area contributed by atoms with Gasteiger partial charge in [0.2, 0.25) is 0 Å². The topological polar surface area (TPSA) is 83.4 Å². The molecule has 2 heterocycles. The fourth-order valence-corrected chi connectivity index (χ4v) is 2.79. The lowest BCUT2D eigenvalue weighted by atomic mass is 10.2. The van der Waals surface area contributed by atoms with Gasteiger partial charge in [0, 0.05) is 28.4 Å². The van der Waals surface area contributed by atoms with Crippen LogP contribution >= 0.6 is 11.3 Å². The lowest BCUT2D eigenvalue weighted by Gasteiger charge is -2.08. The van der Waals surface area contributed by atoms with E-state index in [1.165, 1.54) is 17.6 Å². The van der Waals surface area contributed by atoms with E-state index in [0.29, 0.717) is 5.56 Å². The molecular weight excluding hydrogens is 360 g/mol. The predicted molar refractivity (Wildman–Crippen MR) is 106 cm³/mol. The number of pyridine rings is 1. The maximum Gasteiger partial charge on any atom is 0.287 e. The first-order valence-corrected chi connectivity index (χ1v) is 8.95. The Labute approximate surface area is 160 Å². The van der Waals surface area contributed by atoms with E-state index in [-0.39, 0.29) is 11.6 Å². The van der Waals surface area contributed by atoms with E-state index in [9.17, 15) is 9.59 Å². The Bertz CT molecular complexity index is 952. The first-order valence-electron chi connectivity index (χ1n) is 8.07. The minimum Gasteiger partial charge on any atom is -0.317 e. The molecule has 0 aliphatic heterocycles. The van der Waals surface area contributed by atoms with Crippen LogP contribution in [0.1, 0.15) is 20.8 Å². The Morgan fingerprint density at radius 2 is 1.89 bits per heavy atom. The molecule has 0 spiro atoms. The van der Waals surface area contributed by atoms with Gasteiger partial charge in [-0.3, -0.25) is 14.6 Å². The van der Waals surface area contributed by atoms with Crippen LogP contribution in [0.15, 0.2) is 83.2 Å². The third-order valence-corrected chi connectivity index (χ3v) is 4.24. The molecule has 0 fully saturated rings. The number of nitrogens with one attached hydrogen (secondary N) is 2. The number of thiophene rings is 1. The molecule has 2 amide bonds. The summed E-state index contributed by atoms with van der Waals surface area (Å²) in [5, 5.41) is 8.46. The van der Waals surface area contributed by atoms with Crippen molar-refractivity contribution in [2.75, 3.05) is 0 Å². The highest BCUT2D eigenvalue weighted by Crippen LogP contribution is 2.13. The summed E-state index contributed by atoms with van der Waals surface area (Å²) in [5.41, 5.74) is 3.74. The van der Waals surface area contributed by atoms with Gasteiger partial charge in [0.1, 0.15) is 5.70 Å². The van der Waals surface area contributed by atoms with Crippen molar-refractivity contribution in [2.45, 2.75) is 0 Å². The number of carbonyl (C=O) groups is 2. The van der Waals surface area contributed by atoms with Crippen LogP contribution in [0.25, 0.3) is 6.08 Å². The minimum atomic E-state index is -0.521. The van der Waals surface area contributed by atoms with E-state index in [2.05, 4.69) is 20.8 Å². The summed E-state index contributed by atoms with van der Waals surface area (Å²) in [6.07, 6.45) is 6.36. The average Bonchev–Trinajstić information content (AvgIpc) is 3.22. The summed E-state index contributed by atoms with van der Waals surface area (Å²) >= 11 is 1.46. The number of hydrogen-bond acceptors (Lipinski definition) is 5. The predicted octanol–water partition coefficient (Wildman–Crippen LogP) is 3.06. The quantitative estimate of drug-likeness (QED) is 0.394. The van der Waals surface area contributed by atoms with Crippen molar-refractivity contribution >= 4 is 35.4 Å². The number of nitrogens with zero attached hydrogens (tertiary/aromatic N) is 2. The van der Waals surface area contributed by atoms with Crippen molar-refractivity contribution in [3.05, 3.63) is 94.1 Å². The smallest absolute Gasteiger partial charge is 0.287 e. The summed E-state index contributed by atoms with van der Waals surface area (Å²) < 4.78 is 0. The van der Waals surface area contributed by atoms with Gasteiger partial charge < -0.3 is 5.32 Å². The largest absolute Gasteiger partial charge is 0.317 e. The molecule has 2 aromatic heterocycles. The van der Waals surface area contributed by atoms with E-state index < -0.39 is 5.91 Å². The maximum absolute atomic E-state index is 12.5. The van der Waals surface area contributed by atoms with Crippen molar-refractivity contribution in [3.8, 4) is 0 Å². The molecule has 2 N–H and O–H groups in total. The van der Waals surface area contributed by atoms with Crippen molar-refractivity contribution in [1.29, 1.82) is 0 Å². The summed E-state index contributed by atoms with van der Waals surface area (Å²) in [7, 11) is 0. The molecule has 3 aromatic rings. The van der Waals surface area contributed by atoms with Crippen molar-refractivity contribution in [1.82, 2.24) is 15.7 Å². The third kappa shape index (κ3) is 5.45. The van der Waals surface area contributed by atoms with Crippen molar-refractivity contribution in [3.63, 3.8) is 0 Å². The molecule has 0 aliphatic carbocycles. The standard InChI is InChI=1S/C20H16N4O2S/c25-19(16-7-2-1-3-8-16)23-18(12-17-9-5-11-27-17)20(26)24-22-14-15-6-4-10-21-13-15/h1-14H,(H,23,25)(H,24,26)/b18-12+,22-14+. The van der Waals surface area contributed by atoms with Crippen LogP contribution in [0.5, 0.6) is 0 Å². The third-order valence-electron chi connectivity index (χ3n) is 3.42. The van der Waals surface area contributed by atoms with Crippen LogP contribution in [0.3, 0.4) is 0 Å². The number of aromatic nitrogens is 1. The van der Waals surface area contributed by atoms with Gasteiger partial charge in [-0.25, -0.2) is 5.43 Å². The highest BCUT2D eigenvalue weighted by molar-refractivity contribution is 7.10. The van der Waals surface area contributed by atoms with Gasteiger partial charge in [-0.15, -0.1) is 11.3 Å². The Morgan fingerprint density at radius 1 is 1.04 bits per heavy atom. The molecule has 3 rings (SSSR count). The van der Waals surface area contributed by atoms with E-state index in [4.69, 9.17) is 0 Å². The van der Waals surface area contributed by atoms with Gasteiger partial charge in [-0.1, -0.05) is 30.3 Å². The lowest BCUT2D eigenvalue weighted by molar-refractivity contribution is -0.117. The first-order chi connectivity index (χ1) is 13.2. The molecular formula is C20H16N4O2S. The average molecular weight is 376 g/mol. The second kappa shape index (κ2) is 9.21. The van der Waals surface area contributed by atoms with Gasteiger partial charge in [-0.05, 0) is 35.7 Å². The SMILES string of the molecule is O=C(N/N=C/c1cccnc1)/C(=C\c1cccs1)NC(=O)c1ccccc1. The number of hydrogen-bond donors (Lipinski definition) is 2. The van der Waals surface area contributed by atoms with E-state index in [1.54, 1.807) is 48.8 Å². The zero-order valence-corrected chi connectivity index (χ0v) is 15.0. The zero-order valence-electron chi connectivity index (χ0n) is 14.2. The maximum atomic E-state index is 12.5. The number of amides is 2. The molecule has 6 nitrogen and oxygen atoms in total. The van der Waals surface area contributed by atoms with Crippen LogP contribution in [-0.4, -0.2) is 23.0 Å².